The summed E-state index contributed by atoms with van der Waals surface area (Å²) in [4.78, 5) is 38.1. The largest absolute Gasteiger partial charge is 0.392 e. The number of rotatable bonds is 3. The summed E-state index contributed by atoms with van der Waals surface area (Å²) in [6.45, 7) is 3.26. The fourth-order valence-corrected chi connectivity index (χ4v) is 3.73. The highest BCUT2D eigenvalue weighted by Crippen LogP contribution is 2.42. The van der Waals surface area contributed by atoms with Crippen molar-refractivity contribution in [3.63, 3.8) is 0 Å². The molecule has 0 radical (unpaired) electrons. The summed E-state index contributed by atoms with van der Waals surface area (Å²) in [6, 6.07) is 8.68. The Morgan fingerprint density at radius 3 is 2.54 bits per heavy atom. The molecule has 8 heteroatoms. The third kappa shape index (κ3) is 2.95. The normalized spacial score (nSPS) is 25.4. The van der Waals surface area contributed by atoms with Crippen LogP contribution in [-0.4, -0.2) is 44.7 Å². The van der Waals surface area contributed by atoms with E-state index in [1.165, 1.54) is 29.0 Å². The minimum absolute atomic E-state index is 0.233. The highest BCUT2D eigenvalue weighted by Gasteiger charge is 2.50. The van der Waals surface area contributed by atoms with E-state index in [1.807, 2.05) is 0 Å². The number of aromatic nitrogens is 2. The highest BCUT2D eigenvalue weighted by molar-refractivity contribution is 5.95. The molecule has 0 bridgehead atoms. The lowest BCUT2D eigenvalue weighted by Crippen LogP contribution is -2.45. The van der Waals surface area contributed by atoms with Crippen molar-refractivity contribution in [1.29, 1.82) is 0 Å². The van der Waals surface area contributed by atoms with Crippen LogP contribution in [0, 0.1) is 0 Å². The van der Waals surface area contributed by atoms with Gasteiger partial charge in [-0.2, -0.15) is 4.57 Å². The first-order chi connectivity index (χ1) is 13.3. The quantitative estimate of drug-likeness (QED) is 0.782. The van der Waals surface area contributed by atoms with E-state index in [2.05, 4.69) is 0 Å². The lowest BCUT2D eigenvalue weighted by atomic mass is 10.1. The van der Waals surface area contributed by atoms with E-state index in [0.717, 1.165) is 0 Å². The van der Waals surface area contributed by atoms with Gasteiger partial charge in [-0.05, 0) is 31.6 Å². The Bertz CT molecular complexity index is 1070. The average Bonchev–Trinajstić information content (AvgIpc) is 3.15. The summed E-state index contributed by atoms with van der Waals surface area (Å²) in [5, 5.41) is 9.65. The van der Waals surface area contributed by atoms with Crippen molar-refractivity contribution >= 4 is 5.91 Å². The number of hydrogen-bond acceptors (Lipinski definition) is 6. The molecule has 2 aromatic rings. The molecule has 1 aromatic heterocycles. The predicted octanol–water partition coefficient (Wildman–Crippen LogP) is 0.692. The standard InChI is InChI=1S/C20H20N2O6/c1-20(2)27-16-13(11-23)10-14(17(16)28-20)21-9-8-15(24)22(19(21)26)18(25)12-6-4-3-5-7-12/h3-10,14,16-17,23H,11H2,1-2H3/t14-,16-,17+/m1/s1. The number of hydrogen-bond donors (Lipinski definition) is 1. The molecule has 1 aromatic carbocycles. The summed E-state index contributed by atoms with van der Waals surface area (Å²) in [5.74, 6) is -1.57. The maximum atomic E-state index is 13.1. The van der Waals surface area contributed by atoms with Gasteiger partial charge in [0.1, 0.15) is 12.2 Å². The molecule has 2 aliphatic rings. The number of aliphatic hydroxyl groups excluding tert-OH is 1. The van der Waals surface area contributed by atoms with Gasteiger partial charge in [0.15, 0.2) is 5.79 Å². The zero-order chi connectivity index (χ0) is 20.1. The summed E-state index contributed by atoms with van der Waals surface area (Å²) in [7, 11) is 0. The van der Waals surface area contributed by atoms with Crippen LogP contribution in [0.2, 0.25) is 0 Å². The van der Waals surface area contributed by atoms with Crippen LogP contribution in [-0.2, 0) is 9.47 Å². The molecule has 0 amide bonds. The first-order valence-electron chi connectivity index (χ1n) is 8.93. The maximum absolute atomic E-state index is 13.1. The van der Waals surface area contributed by atoms with Crippen LogP contribution >= 0.6 is 0 Å². The number of carbonyl (C=O) groups excluding carboxylic acids is 1. The first kappa shape index (κ1) is 18.5. The van der Waals surface area contributed by atoms with Crippen molar-refractivity contribution in [2.75, 3.05) is 6.61 Å². The van der Waals surface area contributed by atoms with Crippen LogP contribution in [0.25, 0.3) is 0 Å². The van der Waals surface area contributed by atoms with Crippen molar-refractivity contribution < 1.29 is 19.4 Å². The predicted molar refractivity (Wildman–Crippen MR) is 99.2 cm³/mol. The van der Waals surface area contributed by atoms with Crippen molar-refractivity contribution in [1.82, 2.24) is 9.13 Å². The Kier molecular flexibility index (Phi) is 4.41. The van der Waals surface area contributed by atoms with Gasteiger partial charge in [0.2, 0.25) is 0 Å². The van der Waals surface area contributed by atoms with Crippen molar-refractivity contribution in [2.45, 2.75) is 37.9 Å². The minimum Gasteiger partial charge on any atom is -0.392 e. The summed E-state index contributed by atoms with van der Waals surface area (Å²) in [5.41, 5.74) is -0.648. The molecular weight excluding hydrogens is 364 g/mol. The summed E-state index contributed by atoms with van der Waals surface area (Å²) >= 11 is 0. The van der Waals surface area contributed by atoms with Gasteiger partial charge >= 0.3 is 5.69 Å². The molecule has 3 atom stereocenters. The first-order valence-corrected chi connectivity index (χ1v) is 8.93. The fraction of sp³-hybridized carbons (Fsp3) is 0.350. The molecule has 1 N–H and O–H groups in total. The Labute approximate surface area is 160 Å². The SMILES string of the molecule is CC1(C)O[C@@H]2[C@H](O1)C(CO)=C[C@H]2n1ccc(=O)n(C(=O)c2ccccc2)c1=O. The monoisotopic (exact) mass is 384 g/mol. The molecule has 1 fully saturated rings. The zero-order valence-electron chi connectivity index (χ0n) is 15.4. The van der Waals surface area contributed by atoms with Crippen LogP contribution in [0.4, 0.5) is 0 Å². The second kappa shape index (κ2) is 6.66. The van der Waals surface area contributed by atoms with E-state index >= 15 is 0 Å². The van der Waals surface area contributed by atoms with E-state index in [4.69, 9.17) is 9.47 Å². The molecule has 146 valence electrons. The maximum Gasteiger partial charge on any atom is 0.338 e. The average molecular weight is 384 g/mol. The summed E-state index contributed by atoms with van der Waals surface area (Å²) in [6.07, 6.45) is 1.98. The van der Waals surface area contributed by atoms with Crippen molar-refractivity contribution in [3.05, 3.63) is 80.6 Å². The van der Waals surface area contributed by atoms with Gasteiger partial charge in [-0.25, -0.2) is 4.79 Å². The van der Waals surface area contributed by atoms with Crippen LogP contribution in [0.3, 0.4) is 0 Å². The number of nitrogens with zero attached hydrogens (tertiary/aromatic N) is 2. The van der Waals surface area contributed by atoms with E-state index in [-0.39, 0.29) is 12.2 Å². The van der Waals surface area contributed by atoms with E-state index in [1.54, 1.807) is 38.1 Å². The van der Waals surface area contributed by atoms with E-state index in [0.29, 0.717) is 10.1 Å². The molecule has 0 saturated carbocycles. The van der Waals surface area contributed by atoms with Crippen molar-refractivity contribution in [3.8, 4) is 0 Å². The molecule has 1 aliphatic carbocycles. The smallest absolute Gasteiger partial charge is 0.338 e. The lowest BCUT2D eigenvalue weighted by Gasteiger charge is -2.22. The Balaban J connectivity index is 1.80. The molecule has 28 heavy (non-hydrogen) atoms. The number of aliphatic hydroxyl groups is 1. The second-order valence-corrected chi connectivity index (χ2v) is 7.26. The van der Waals surface area contributed by atoms with Crippen LogP contribution in [0.5, 0.6) is 0 Å². The summed E-state index contributed by atoms with van der Waals surface area (Å²) < 4.78 is 13.6. The van der Waals surface area contributed by atoms with Gasteiger partial charge in [-0.1, -0.05) is 24.3 Å². The highest BCUT2D eigenvalue weighted by atomic mass is 16.8. The van der Waals surface area contributed by atoms with Crippen molar-refractivity contribution in [2.24, 2.45) is 0 Å². The Morgan fingerprint density at radius 1 is 1.14 bits per heavy atom. The lowest BCUT2D eigenvalue weighted by molar-refractivity contribution is -0.148. The van der Waals surface area contributed by atoms with Gasteiger partial charge in [0, 0.05) is 17.8 Å². The molecule has 0 unspecified atom stereocenters. The molecule has 0 spiro atoms. The van der Waals surface area contributed by atoms with Gasteiger partial charge < -0.3 is 14.6 Å². The van der Waals surface area contributed by atoms with Gasteiger partial charge in [0.25, 0.3) is 11.5 Å². The van der Waals surface area contributed by atoms with Gasteiger partial charge in [0.05, 0.1) is 12.6 Å². The van der Waals surface area contributed by atoms with Crippen LogP contribution < -0.4 is 11.2 Å². The Hall–Kier alpha value is -2.81. The molecule has 8 nitrogen and oxygen atoms in total. The number of fused-ring (bicyclic) bond motifs is 1. The second-order valence-electron chi connectivity index (χ2n) is 7.26. The molecular formula is C20H20N2O6. The third-order valence-electron chi connectivity index (χ3n) is 4.95. The molecule has 4 rings (SSSR count). The van der Waals surface area contributed by atoms with Crippen LogP contribution in [0.1, 0.15) is 30.2 Å². The fourth-order valence-electron chi connectivity index (χ4n) is 3.73. The molecule has 1 aliphatic heterocycles. The minimum atomic E-state index is -0.875. The van der Waals surface area contributed by atoms with Crippen LogP contribution in [0.15, 0.2) is 63.8 Å². The number of benzene rings is 1. The zero-order valence-corrected chi connectivity index (χ0v) is 15.4. The molecule has 1 saturated heterocycles. The van der Waals surface area contributed by atoms with E-state index in [9.17, 15) is 19.5 Å². The molecule has 2 heterocycles. The topological polar surface area (TPSA) is 99.8 Å². The van der Waals surface area contributed by atoms with Gasteiger partial charge in [-0.15, -0.1) is 0 Å². The van der Waals surface area contributed by atoms with E-state index < -0.39 is 41.2 Å². The van der Waals surface area contributed by atoms with Gasteiger partial charge in [-0.3, -0.25) is 14.2 Å². The number of carbonyl (C=O) groups is 1. The Morgan fingerprint density at radius 2 is 1.86 bits per heavy atom. The third-order valence-corrected chi connectivity index (χ3v) is 4.95. The number of ether oxygens (including phenoxy) is 2.